The van der Waals surface area contributed by atoms with Crippen molar-refractivity contribution in [3.05, 3.63) is 64.0 Å². The van der Waals surface area contributed by atoms with E-state index in [1.54, 1.807) is 12.0 Å². The van der Waals surface area contributed by atoms with E-state index in [4.69, 9.17) is 21.1 Å². The number of nitrogens with zero attached hydrogens (tertiary/aromatic N) is 1. The summed E-state index contributed by atoms with van der Waals surface area (Å²) in [6, 6.07) is 15.4. The number of hydrogen-bond donors (Lipinski definition) is 0. The Labute approximate surface area is 179 Å². The SMILES string of the molecule is COc1cc(N2Cc3cc(-c4ccc(Cl)cc4)sc3C2=O)ccc1OCC(C)C. The topological polar surface area (TPSA) is 38.8 Å². The zero-order chi connectivity index (χ0) is 20.5. The Morgan fingerprint density at radius 3 is 2.52 bits per heavy atom. The summed E-state index contributed by atoms with van der Waals surface area (Å²) in [7, 11) is 1.61. The first kappa shape index (κ1) is 19.8. The zero-order valence-electron chi connectivity index (χ0n) is 16.6. The summed E-state index contributed by atoms with van der Waals surface area (Å²) in [6.07, 6.45) is 0. The molecule has 4 nitrogen and oxygen atoms in total. The average molecular weight is 428 g/mol. The predicted molar refractivity (Wildman–Crippen MR) is 119 cm³/mol. The Hall–Kier alpha value is -2.50. The van der Waals surface area contributed by atoms with Crippen molar-refractivity contribution < 1.29 is 14.3 Å². The molecule has 0 spiro atoms. The molecule has 0 fully saturated rings. The van der Waals surface area contributed by atoms with Crippen LogP contribution >= 0.6 is 22.9 Å². The molecule has 0 saturated carbocycles. The number of thiophene rings is 1. The van der Waals surface area contributed by atoms with Crippen molar-refractivity contribution in [1.82, 2.24) is 0 Å². The van der Waals surface area contributed by atoms with Gasteiger partial charge in [-0.15, -0.1) is 11.3 Å². The maximum atomic E-state index is 13.0. The molecule has 0 N–H and O–H groups in total. The quantitative estimate of drug-likeness (QED) is 0.465. The number of rotatable bonds is 6. The Morgan fingerprint density at radius 1 is 1.10 bits per heavy atom. The van der Waals surface area contributed by atoms with Gasteiger partial charge in [-0.2, -0.15) is 0 Å². The fourth-order valence-corrected chi connectivity index (χ4v) is 4.51. The summed E-state index contributed by atoms with van der Waals surface area (Å²) in [5.74, 6) is 1.76. The first-order chi connectivity index (χ1) is 14.0. The molecule has 2 heterocycles. The molecule has 29 heavy (non-hydrogen) atoms. The molecule has 3 aromatic rings. The second-order valence-corrected chi connectivity index (χ2v) is 8.89. The molecule has 0 radical (unpaired) electrons. The van der Waals surface area contributed by atoms with Crippen LogP contribution in [0.25, 0.3) is 10.4 Å². The average Bonchev–Trinajstić information content (AvgIpc) is 3.26. The van der Waals surface area contributed by atoms with E-state index < -0.39 is 0 Å². The highest BCUT2D eigenvalue weighted by molar-refractivity contribution is 7.17. The van der Waals surface area contributed by atoms with Crippen molar-refractivity contribution >= 4 is 34.5 Å². The smallest absolute Gasteiger partial charge is 0.269 e. The summed E-state index contributed by atoms with van der Waals surface area (Å²) in [5, 5.41) is 0.704. The zero-order valence-corrected chi connectivity index (χ0v) is 18.1. The Balaban J connectivity index is 1.56. The molecule has 2 aromatic carbocycles. The van der Waals surface area contributed by atoms with E-state index in [0.29, 0.717) is 35.6 Å². The van der Waals surface area contributed by atoms with Crippen LogP contribution in [-0.2, 0) is 6.54 Å². The highest BCUT2D eigenvalue weighted by atomic mass is 35.5. The summed E-state index contributed by atoms with van der Waals surface area (Å²) >= 11 is 7.50. The van der Waals surface area contributed by atoms with Crippen LogP contribution in [0.1, 0.15) is 29.1 Å². The molecule has 1 aliphatic rings. The number of hydrogen-bond acceptors (Lipinski definition) is 4. The minimum absolute atomic E-state index is 0.0168. The normalized spacial score (nSPS) is 13.1. The van der Waals surface area contributed by atoms with E-state index in [2.05, 4.69) is 19.9 Å². The van der Waals surface area contributed by atoms with Gasteiger partial charge in [0.1, 0.15) is 0 Å². The highest BCUT2D eigenvalue weighted by Crippen LogP contribution is 2.40. The monoisotopic (exact) mass is 427 g/mol. The fraction of sp³-hybridized carbons (Fsp3) is 0.261. The predicted octanol–water partition coefficient (Wildman–Crippen LogP) is 6.27. The van der Waals surface area contributed by atoms with E-state index in [-0.39, 0.29) is 5.91 Å². The molecular weight excluding hydrogens is 406 g/mol. The molecular formula is C23H22ClNO3S. The number of carbonyl (C=O) groups is 1. The summed E-state index contributed by atoms with van der Waals surface area (Å²) in [4.78, 5) is 16.7. The van der Waals surface area contributed by atoms with E-state index in [1.165, 1.54) is 11.3 Å². The molecule has 0 bridgehead atoms. The van der Waals surface area contributed by atoms with Crippen LogP contribution in [0.3, 0.4) is 0 Å². The van der Waals surface area contributed by atoms with E-state index in [0.717, 1.165) is 26.6 Å². The number of ether oxygens (including phenoxy) is 2. The number of anilines is 1. The van der Waals surface area contributed by atoms with Gasteiger partial charge < -0.3 is 14.4 Å². The van der Waals surface area contributed by atoms with Gasteiger partial charge in [-0.25, -0.2) is 0 Å². The molecule has 1 aliphatic heterocycles. The van der Waals surface area contributed by atoms with Gasteiger partial charge in [0, 0.05) is 21.7 Å². The second kappa shape index (κ2) is 8.09. The van der Waals surface area contributed by atoms with Crippen molar-refractivity contribution in [3.63, 3.8) is 0 Å². The van der Waals surface area contributed by atoms with E-state index in [9.17, 15) is 4.79 Å². The van der Waals surface area contributed by atoms with Gasteiger partial charge in [0.15, 0.2) is 11.5 Å². The maximum absolute atomic E-state index is 13.0. The largest absolute Gasteiger partial charge is 0.493 e. The number of amides is 1. The van der Waals surface area contributed by atoms with Gasteiger partial charge in [0.2, 0.25) is 0 Å². The molecule has 6 heteroatoms. The van der Waals surface area contributed by atoms with Crippen molar-refractivity contribution in [2.24, 2.45) is 5.92 Å². The molecule has 0 aliphatic carbocycles. The Morgan fingerprint density at radius 2 is 1.86 bits per heavy atom. The van der Waals surface area contributed by atoms with Gasteiger partial charge >= 0.3 is 0 Å². The number of methoxy groups -OCH3 is 1. The second-order valence-electron chi connectivity index (χ2n) is 7.40. The van der Waals surface area contributed by atoms with Crippen LogP contribution < -0.4 is 14.4 Å². The molecule has 0 unspecified atom stereocenters. The van der Waals surface area contributed by atoms with Gasteiger partial charge in [0.05, 0.1) is 25.1 Å². The lowest BCUT2D eigenvalue weighted by Crippen LogP contribution is -2.23. The van der Waals surface area contributed by atoms with Gasteiger partial charge in [-0.1, -0.05) is 37.6 Å². The molecule has 0 saturated heterocycles. The molecule has 1 aromatic heterocycles. The number of benzene rings is 2. The molecule has 1 amide bonds. The molecule has 4 rings (SSSR count). The van der Waals surface area contributed by atoms with Crippen LogP contribution in [0.2, 0.25) is 5.02 Å². The number of fused-ring (bicyclic) bond motifs is 1. The highest BCUT2D eigenvalue weighted by Gasteiger charge is 2.31. The first-order valence-corrected chi connectivity index (χ1v) is 10.7. The molecule has 0 atom stereocenters. The summed E-state index contributed by atoms with van der Waals surface area (Å²) in [5.41, 5.74) is 2.92. The third-order valence-corrected chi connectivity index (χ3v) is 6.20. The van der Waals surface area contributed by atoms with Crippen molar-refractivity contribution in [2.45, 2.75) is 20.4 Å². The summed E-state index contributed by atoms with van der Waals surface area (Å²) in [6.45, 7) is 5.36. The number of carbonyl (C=O) groups excluding carboxylic acids is 1. The lowest BCUT2D eigenvalue weighted by molar-refractivity contribution is 0.1000. The van der Waals surface area contributed by atoms with Crippen molar-refractivity contribution in [2.75, 3.05) is 18.6 Å². The van der Waals surface area contributed by atoms with Crippen LogP contribution in [0.5, 0.6) is 11.5 Å². The van der Waals surface area contributed by atoms with E-state index >= 15 is 0 Å². The third kappa shape index (κ3) is 3.98. The maximum Gasteiger partial charge on any atom is 0.269 e. The first-order valence-electron chi connectivity index (χ1n) is 9.47. The lowest BCUT2D eigenvalue weighted by Gasteiger charge is -2.19. The molecule has 150 valence electrons. The fourth-order valence-electron chi connectivity index (χ4n) is 3.26. The van der Waals surface area contributed by atoms with Crippen molar-refractivity contribution in [3.8, 4) is 21.9 Å². The standard InChI is InChI=1S/C23H22ClNO3S/c1-14(2)13-28-19-9-8-18(11-20(19)27-3)25-12-16-10-21(29-22(16)23(25)26)15-4-6-17(24)7-5-15/h4-11,14H,12-13H2,1-3H3. The Kier molecular flexibility index (Phi) is 5.52. The van der Waals surface area contributed by atoms with Crippen LogP contribution in [0, 0.1) is 5.92 Å². The minimum atomic E-state index is 0.0168. The van der Waals surface area contributed by atoms with Crippen LogP contribution in [0.15, 0.2) is 48.5 Å². The van der Waals surface area contributed by atoms with E-state index in [1.807, 2.05) is 42.5 Å². The Bertz CT molecular complexity index is 1040. The van der Waals surface area contributed by atoms with Crippen molar-refractivity contribution in [1.29, 1.82) is 0 Å². The summed E-state index contributed by atoms with van der Waals surface area (Å²) < 4.78 is 11.3. The van der Waals surface area contributed by atoms with Gasteiger partial charge in [0.25, 0.3) is 5.91 Å². The lowest BCUT2D eigenvalue weighted by atomic mass is 10.1. The van der Waals surface area contributed by atoms with Gasteiger partial charge in [-0.05, 0) is 47.4 Å². The third-order valence-electron chi connectivity index (χ3n) is 4.74. The van der Waals surface area contributed by atoms with Crippen LogP contribution in [0.4, 0.5) is 5.69 Å². The van der Waals surface area contributed by atoms with Crippen LogP contribution in [-0.4, -0.2) is 19.6 Å². The van der Waals surface area contributed by atoms with Gasteiger partial charge in [-0.3, -0.25) is 4.79 Å². The minimum Gasteiger partial charge on any atom is -0.493 e. The number of halogens is 1.